The van der Waals surface area contributed by atoms with Crippen molar-refractivity contribution >= 4 is 49.3 Å². The van der Waals surface area contributed by atoms with E-state index in [9.17, 15) is 13.2 Å². The second-order valence-corrected chi connectivity index (χ2v) is 10.0. The lowest BCUT2D eigenvalue weighted by molar-refractivity contribution is -0.113. The first kappa shape index (κ1) is 20.4. The number of nitrogens with one attached hydrogen (secondary N) is 1. The lowest BCUT2D eigenvalue weighted by atomic mass is 10.2. The van der Waals surface area contributed by atoms with Crippen molar-refractivity contribution in [2.45, 2.75) is 23.5 Å². The van der Waals surface area contributed by atoms with E-state index in [1.54, 1.807) is 24.3 Å². The molecule has 1 fully saturated rings. The molecule has 1 aliphatic rings. The van der Waals surface area contributed by atoms with E-state index in [4.69, 9.17) is 0 Å². The molecular weight excluding hydrogens is 448 g/mol. The topological polar surface area (TPSA) is 66.5 Å². The summed E-state index contributed by atoms with van der Waals surface area (Å²) >= 11 is 5.03. The maximum atomic E-state index is 12.5. The summed E-state index contributed by atoms with van der Waals surface area (Å²) < 4.78 is 27.6. The van der Waals surface area contributed by atoms with Crippen LogP contribution in [-0.2, 0) is 20.6 Å². The van der Waals surface area contributed by atoms with Crippen LogP contribution < -0.4 is 5.32 Å². The molecule has 0 spiro atoms. The minimum Gasteiger partial charge on any atom is -0.325 e. The van der Waals surface area contributed by atoms with Gasteiger partial charge in [-0.05, 0) is 48.7 Å². The lowest BCUT2D eigenvalue weighted by Gasteiger charge is -2.15. The van der Waals surface area contributed by atoms with Crippen LogP contribution in [0.2, 0.25) is 0 Å². The smallest absolute Gasteiger partial charge is 0.243 e. The molecule has 27 heavy (non-hydrogen) atoms. The fraction of sp³-hybridized carbons (Fsp3) is 0.316. The fourth-order valence-electron chi connectivity index (χ4n) is 2.85. The van der Waals surface area contributed by atoms with Gasteiger partial charge < -0.3 is 5.32 Å². The molecule has 0 aliphatic carbocycles. The number of halogens is 1. The zero-order valence-corrected chi connectivity index (χ0v) is 17.9. The number of rotatable bonds is 7. The number of nitrogens with zero attached hydrogens (tertiary/aromatic N) is 1. The number of anilines is 1. The number of sulfonamides is 1. The summed E-state index contributed by atoms with van der Waals surface area (Å²) in [5, 5.41) is 2.81. The molecule has 2 aromatic carbocycles. The van der Waals surface area contributed by atoms with Gasteiger partial charge in [-0.3, -0.25) is 4.79 Å². The van der Waals surface area contributed by atoms with Crippen LogP contribution >= 0.6 is 27.7 Å². The van der Waals surface area contributed by atoms with Crippen molar-refractivity contribution in [2.24, 2.45) is 0 Å². The third-order valence-corrected chi connectivity index (χ3v) is 7.96. The van der Waals surface area contributed by atoms with Crippen molar-refractivity contribution in [3.8, 4) is 0 Å². The van der Waals surface area contributed by atoms with Gasteiger partial charge in [0.05, 0.1) is 10.6 Å². The van der Waals surface area contributed by atoms with Gasteiger partial charge >= 0.3 is 0 Å². The van der Waals surface area contributed by atoms with E-state index >= 15 is 0 Å². The Hall–Kier alpha value is -1.35. The highest BCUT2D eigenvalue weighted by Crippen LogP contribution is 2.23. The molecule has 1 heterocycles. The number of amides is 1. The van der Waals surface area contributed by atoms with Gasteiger partial charge in [0.1, 0.15) is 0 Å². The molecule has 0 aromatic heterocycles. The van der Waals surface area contributed by atoms with E-state index in [-0.39, 0.29) is 10.8 Å². The van der Waals surface area contributed by atoms with E-state index in [1.807, 2.05) is 24.3 Å². The molecule has 8 heteroatoms. The Morgan fingerprint density at radius 3 is 2.41 bits per heavy atom. The molecule has 0 unspecified atom stereocenters. The Balaban J connectivity index is 1.52. The Morgan fingerprint density at radius 2 is 1.74 bits per heavy atom. The van der Waals surface area contributed by atoms with E-state index in [2.05, 4.69) is 21.2 Å². The molecule has 0 saturated carbocycles. The predicted molar refractivity (Wildman–Crippen MR) is 113 cm³/mol. The van der Waals surface area contributed by atoms with E-state index in [0.29, 0.717) is 24.5 Å². The molecular formula is C19H21BrN2O3S2. The van der Waals surface area contributed by atoms with Crippen molar-refractivity contribution in [1.82, 2.24) is 4.31 Å². The van der Waals surface area contributed by atoms with Gasteiger partial charge in [0.15, 0.2) is 0 Å². The van der Waals surface area contributed by atoms with Crippen LogP contribution in [-0.4, -0.2) is 37.5 Å². The number of carbonyl (C=O) groups is 1. The van der Waals surface area contributed by atoms with Crippen molar-refractivity contribution in [3.63, 3.8) is 0 Å². The summed E-state index contributed by atoms with van der Waals surface area (Å²) in [7, 11) is -3.42. The van der Waals surface area contributed by atoms with Crippen molar-refractivity contribution < 1.29 is 13.2 Å². The third-order valence-electron chi connectivity index (χ3n) is 4.29. The number of carbonyl (C=O) groups excluding carboxylic acids is 1. The highest BCUT2D eigenvalue weighted by molar-refractivity contribution is 9.10. The van der Waals surface area contributed by atoms with Crippen LogP contribution in [0.4, 0.5) is 5.69 Å². The van der Waals surface area contributed by atoms with Crippen LogP contribution in [0.15, 0.2) is 57.9 Å². The van der Waals surface area contributed by atoms with Crippen LogP contribution in [0.3, 0.4) is 0 Å². The number of hydrogen-bond donors (Lipinski definition) is 1. The Kier molecular flexibility index (Phi) is 6.97. The molecule has 0 radical (unpaired) electrons. The van der Waals surface area contributed by atoms with E-state index < -0.39 is 10.0 Å². The number of benzene rings is 2. The SMILES string of the molecule is O=C(CSCc1ccccc1Br)Nc1ccc(S(=O)(=O)N2CCCC2)cc1. The summed E-state index contributed by atoms with van der Waals surface area (Å²) in [4.78, 5) is 12.4. The van der Waals surface area contributed by atoms with Gasteiger partial charge in [-0.2, -0.15) is 4.31 Å². The molecule has 1 amide bonds. The standard InChI is InChI=1S/C19H21BrN2O3S2/c20-18-6-2-1-5-15(18)13-26-14-19(23)21-16-7-9-17(10-8-16)27(24,25)22-11-3-4-12-22/h1-2,5-10H,3-4,11-14H2,(H,21,23). The van der Waals surface area contributed by atoms with Crippen LogP contribution in [0.1, 0.15) is 18.4 Å². The van der Waals surface area contributed by atoms with Gasteiger partial charge in [-0.1, -0.05) is 34.1 Å². The number of thioether (sulfide) groups is 1. The predicted octanol–water partition coefficient (Wildman–Crippen LogP) is 4.11. The summed E-state index contributed by atoms with van der Waals surface area (Å²) in [6, 6.07) is 14.3. The van der Waals surface area contributed by atoms with Gasteiger partial charge in [-0.25, -0.2) is 8.42 Å². The minimum absolute atomic E-state index is 0.109. The number of hydrogen-bond acceptors (Lipinski definition) is 4. The van der Waals surface area contributed by atoms with Gasteiger partial charge in [0.25, 0.3) is 0 Å². The second kappa shape index (κ2) is 9.23. The summed E-state index contributed by atoms with van der Waals surface area (Å²) in [6.07, 6.45) is 1.81. The van der Waals surface area contributed by atoms with Gasteiger partial charge in [0.2, 0.25) is 15.9 Å². The molecule has 144 valence electrons. The highest BCUT2D eigenvalue weighted by atomic mass is 79.9. The molecule has 0 bridgehead atoms. The summed E-state index contributed by atoms with van der Waals surface area (Å²) in [5.74, 6) is 0.957. The minimum atomic E-state index is -3.42. The van der Waals surface area contributed by atoms with Crippen molar-refractivity contribution in [2.75, 3.05) is 24.2 Å². The first-order valence-corrected chi connectivity index (χ1v) is 12.1. The van der Waals surface area contributed by atoms with E-state index in [1.165, 1.54) is 16.1 Å². The summed E-state index contributed by atoms with van der Waals surface area (Å²) in [6.45, 7) is 1.16. The molecule has 5 nitrogen and oxygen atoms in total. The zero-order chi connectivity index (χ0) is 19.3. The van der Waals surface area contributed by atoms with Crippen molar-refractivity contribution in [3.05, 3.63) is 58.6 Å². The molecule has 1 saturated heterocycles. The average Bonchev–Trinajstić information content (AvgIpc) is 3.19. The van der Waals surface area contributed by atoms with E-state index in [0.717, 1.165) is 28.6 Å². The lowest BCUT2D eigenvalue weighted by Crippen LogP contribution is -2.27. The maximum Gasteiger partial charge on any atom is 0.243 e. The third kappa shape index (κ3) is 5.34. The first-order chi connectivity index (χ1) is 13.0. The second-order valence-electron chi connectivity index (χ2n) is 6.27. The fourth-order valence-corrected chi connectivity index (χ4v) is 5.81. The quantitative estimate of drug-likeness (QED) is 0.663. The Labute approximate surface area is 172 Å². The highest BCUT2D eigenvalue weighted by Gasteiger charge is 2.26. The monoisotopic (exact) mass is 468 g/mol. The summed E-state index contributed by atoms with van der Waals surface area (Å²) in [5.41, 5.74) is 1.74. The molecule has 3 rings (SSSR count). The maximum absolute atomic E-state index is 12.5. The molecule has 1 N–H and O–H groups in total. The Bertz CT molecular complexity index is 895. The largest absolute Gasteiger partial charge is 0.325 e. The van der Waals surface area contributed by atoms with Gasteiger partial charge in [-0.15, -0.1) is 11.8 Å². The zero-order valence-electron chi connectivity index (χ0n) is 14.7. The molecule has 0 atom stereocenters. The molecule has 2 aromatic rings. The van der Waals surface area contributed by atoms with Crippen molar-refractivity contribution in [1.29, 1.82) is 0 Å². The average molecular weight is 469 g/mol. The normalized spacial score (nSPS) is 15.0. The van der Waals surface area contributed by atoms with Crippen LogP contribution in [0.5, 0.6) is 0 Å². The van der Waals surface area contributed by atoms with Gasteiger partial charge in [0, 0.05) is 29.0 Å². The Morgan fingerprint density at radius 1 is 1.07 bits per heavy atom. The molecule has 1 aliphatic heterocycles. The van der Waals surface area contributed by atoms with Crippen LogP contribution in [0.25, 0.3) is 0 Å². The van der Waals surface area contributed by atoms with Crippen LogP contribution in [0, 0.1) is 0 Å². The first-order valence-electron chi connectivity index (χ1n) is 8.68.